The van der Waals surface area contributed by atoms with E-state index in [1.807, 2.05) is 18.2 Å². The molecule has 0 spiro atoms. The minimum atomic E-state index is -0.520. The lowest BCUT2D eigenvalue weighted by atomic mass is 10.1. The third-order valence-electron chi connectivity index (χ3n) is 5.57. The topological polar surface area (TPSA) is 78.5 Å². The van der Waals surface area contributed by atoms with Gasteiger partial charge >= 0.3 is 0 Å². The maximum atomic E-state index is 12.8. The lowest BCUT2D eigenvalue weighted by Crippen LogP contribution is -2.44. The number of hydrogen-bond acceptors (Lipinski definition) is 4. The molecule has 7 heteroatoms. The lowest BCUT2D eigenvalue weighted by Gasteiger charge is -2.23. The summed E-state index contributed by atoms with van der Waals surface area (Å²) >= 11 is 1.56. The Balaban J connectivity index is 1.37. The molecule has 2 N–H and O–H groups in total. The van der Waals surface area contributed by atoms with Gasteiger partial charge in [0.15, 0.2) is 0 Å². The Morgan fingerprint density at radius 3 is 2.30 bits per heavy atom. The number of hydrogen-bond donors (Lipinski definition) is 2. The molecular formula is C23H25N3O3S. The lowest BCUT2D eigenvalue weighted by molar-refractivity contribution is -0.119. The van der Waals surface area contributed by atoms with Crippen molar-refractivity contribution < 1.29 is 14.4 Å². The van der Waals surface area contributed by atoms with E-state index in [-0.39, 0.29) is 23.8 Å². The number of carbonyl (C=O) groups is 3. The molecule has 156 valence electrons. The second-order valence-corrected chi connectivity index (χ2v) is 8.68. The van der Waals surface area contributed by atoms with Gasteiger partial charge in [-0.15, -0.1) is 11.8 Å². The average Bonchev–Trinajstić information content (AvgIpc) is 3.46. The van der Waals surface area contributed by atoms with Crippen LogP contribution < -0.4 is 10.6 Å². The van der Waals surface area contributed by atoms with Crippen molar-refractivity contribution in [1.82, 2.24) is 10.2 Å². The van der Waals surface area contributed by atoms with Crippen LogP contribution >= 0.6 is 11.8 Å². The van der Waals surface area contributed by atoms with Crippen molar-refractivity contribution in [1.29, 1.82) is 0 Å². The largest absolute Gasteiger partial charge is 0.349 e. The molecule has 2 aromatic carbocycles. The smallest absolute Gasteiger partial charge is 0.255 e. The molecule has 4 rings (SSSR count). The molecule has 2 aliphatic rings. The van der Waals surface area contributed by atoms with Crippen LogP contribution in [0.25, 0.3) is 0 Å². The molecule has 1 atom stereocenters. The Bertz CT molecular complexity index is 911. The van der Waals surface area contributed by atoms with Crippen LogP contribution in [0.4, 0.5) is 5.69 Å². The Morgan fingerprint density at radius 2 is 1.60 bits per heavy atom. The van der Waals surface area contributed by atoms with Gasteiger partial charge in [0.05, 0.1) is 5.88 Å². The fourth-order valence-corrected chi connectivity index (χ4v) is 5.03. The number of nitrogens with one attached hydrogen (secondary N) is 2. The van der Waals surface area contributed by atoms with E-state index in [1.54, 1.807) is 53.1 Å². The summed E-state index contributed by atoms with van der Waals surface area (Å²) < 4.78 is 0. The number of thioether (sulfide) groups is 1. The molecule has 1 aliphatic heterocycles. The minimum absolute atomic E-state index is 0.0772. The number of anilines is 1. The minimum Gasteiger partial charge on any atom is -0.349 e. The van der Waals surface area contributed by atoms with Crippen molar-refractivity contribution in [2.45, 2.75) is 37.8 Å². The summed E-state index contributed by atoms with van der Waals surface area (Å²) in [6, 6.07) is 15.7. The fraction of sp³-hybridized carbons (Fsp3) is 0.348. The van der Waals surface area contributed by atoms with E-state index in [0.717, 1.165) is 12.8 Å². The van der Waals surface area contributed by atoms with E-state index >= 15 is 0 Å². The number of amides is 3. The van der Waals surface area contributed by atoms with Gasteiger partial charge in [0, 0.05) is 28.6 Å². The van der Waals surface area contributed by atoms with E-state index in [0.29, 0.717) is 28.4 Å². The van der Waals surface area contributed by atoms with Gasteiger partial charge in [-0.1, -0.05) is 31.0 Å². The zero-order chi connectivity index (χ0) is 20.9. The van der Waals surface area contributed by atoms with Gasteiger partial charge in [0.1, 0.15) is 6.04 Å². The quantitative estimate of drug-likeness (QED) is 0.771. The third-order valence-corrected chi connectivity index (χ3v) is 6.58. The Kier molecular flexibility index (Phi) is 6.38. The van der Waals surface area contributed by atoms with Crippen molar-refractivity contribution in [3.8, 4) is 0 Å². The molecular weight excluding hydrogens is 398 g/mol. The Morgan fingerprint density at radius 1 is 0.900 bits per heavy atom. The highest BCUT2D eigenvalue weighted by Crippen LogP contribution is 2.24. The van der Waals surface area contributed by atoms with Crippen LogP contribution in [0.1, 0.15) is 46.4 Å². The molecule has 1 saturated carbocycles. The second-order valence-electron chi connectivity index (χ2n) is 7.68. The van der Waals surface area contributed by atoms with Crippen molar-refractivity contribution >= 4 is 35.2 Å². The third kappa shape index (κ3) is 4.67. The van der Waals surface area contributed by atoms with Crippen molar-refractivity contribution in [2.75, 3.05) is 16.9 Å². The molecule has 1 aliphatic carbocycles. The summed E-state index contributed by atoms with van der Waals surface area (Å²) in [4.78, 5) is 39.5. The van der Waals surface area contributed by atoms with E-state index in [4.69, 9.17) is 0 Å². The van der Waals surface area contributed by atoms with Gasteiger partial charge in [-0.3, -0.25) is 14.4 Å². The van der Waals surface area contributed by atoms with Gasteiger partial charge < -0.3 is 15.5 Å². The Labute approximate surface area is 180 Å². The highest BCUT2D eigenvalue weighted by molar-refractivity contribution is 7.99. The zero-order valence-electron chi connectivity index (χ0n) is 16.7. The van der Waals surface area contributed by atoms with Crippen molar-refractivity contribution in [3.05, 3.63) is 65.7 Å². The monoisotopic (exact) mass is 423 g/mol. The van der Waals surface area contributed by atoms with Crippen LogP contribution in [0.15, 0.2) is 54.6 Å². The maximum Gasteiger partial charge on any atom is 0.255 e. The SMILES string of the molecule is O=C(NC1CCCC1)c1ccc(NC(=O)C2CSCN2C(=O)c2ccccc2)cc1. The second kappa shape index (κ2) is 9.34. The van der Waals surface area contributed by atoms with E-state index in [9.17, 15) is 14.4 Å². The van der Waals surface area contributed by atoms with Gasteiger partial charge in [0.25, 0.3) is 11.8 Å². The highest BCUT2D eigenvalue weighted by atomic mass is 32.2. The number of rotatable bonds is 5. The van der Waals surface area contributed by atoms with Crippen LogP contribution in [-0.4, -0.2) is 46.3 Å². The number of nitrogens with zero attached hydrogens (tertiary/aromatic N) is 1. The number of carbonyl (C=O) groups excluding carboxylic acids is 3. The van der Waals surface area contributed by atoms with Gasteiger partial charge in [-0.05, 0) is 49.2 Å². The van der Waals surface area contributed by atoms with Crippen LogP contribution in [0.2, 0.25) is 0 Å². The van der Waals surface area contributed by atoms with Crippen molar-refractivity contribution in [2.24, 2.45) is 0 Å². The first kappa shape index (κ1) is 20.5. The van der Waals surface area contributed by atoms with Crippen LogP contribution in [0.3, 0.4) is 0 Å². The molecule has 30 heavy (non-hydrogen) atoms. The standard InChI is InChI=1S/C23H25N3O3S/c27-21(24-18-8-4-5-9-18)16-10-12-19(13-11-16)25-22(28)20-14-30-15-26(20)23(29)17-6-2-1-3-7-17/h1-3,6-7,10-13,18,20H,4-5,8-9,14-15H2,(H,24,27)(H,25,28). The molecule has 2 aromatic rings. The van der Waals surface area contributed by atoms with E-state index in [2.05, 4.69) is 10.6 Å². The Hall–Kier alpha value is -2.80. The predicted molar refractivity (Wildman–Crippen MR) is 119 cm³/mol. The van der Waals surface area contributed by atoms with Crippen LogP contribution in [-0.2, 0) is 4.79 Å². The molecule has 0 aromatic heterocycles. The molecule has 0 radical (unpaired) electrons. The highest BCUT2D eigenvalue weighted by Gasteiger charge is 2.35. The summed E-state index contributed by atoms with van der Waals surface area (Å²) in [6.07, 6.45) is 4.41. The van der Waals surface area contributed by atoms with E-state index < -0.39 is 6.04 Å². The zero-order valence-corrected chi connectivity index (χ0v) is 17.5. The van der Waals surface area contributed by atoms with Gasteiger partial charge in [-0.25, -0.2) is 0 Å². The summed E-state index contributed by atoms with van der Waals surface area (Å²) in [5.41, 5.74) is 1.77. The van der Waals surface area contributed by atoms with Gasteiger partial charge in [0.2, 0.25) is 5.91 Å². The first-order valence-corrected chi connectivity index (χ1v) is 11.4. The summed E-state index contributed by atoms with van der Waals surface area (Å²) in [5.74, 6) is 0.622. The first-order chi connectivity index (χ1) is 14.6. The predicted octanol–water partition coefficient (Wildman–Crippen LogP) is 3.51. The summed E-state index contributed by atoms with van der Waals surface area (Å²) in [5, 5.41) is 5.94. The number of benzene rings is 2. The molecule has 6 nitrogen and oxygen atoms in total. The van der Waals surface area contributed by atoms with Crippen LogP contribution in [0, 0.1) is 0 Å². The molecule has 1 saturated heterocycles. The molecule has 2 fully saturated rings. The normalized spacial score (nSPS) is 18.9. The molecule has 1 unspecified atom stereocenters. The summed E-state index contributed by atoms with van der Waals surface area (Å²) in [7, 11) is 0. The first-order valence-electron chi connectivity index (χ1n) is 10.3. The molecule has 3 amide bonds. The average molecular weight is 424 g/mol. The van der Waals surface area contributed by atoms with Crippen LogP contribution in [0.5, 0.6) is 0 Å². The molecule has 1 heterocycles. The fourth-order valence-electron chi connectivity index (χ4n) is 3.88. The van der Waals surface area contributed by atoms with Crippen molar-refractivity contribution in [3.63, 3.8) is 0 Å². The van der Waals surface area contributed by atoms with E-state index in [1.165, 1.54) is 12.8 Å². The van der Waals surface area contributed by atoms with Gasteiger partial charge in [-0.2, -0.15) is 0 Å². The summed E-state index contributed by atoms with van der Waals surface area (Å²) in [6.45, 7) is 0. The molecule has 0 bridgehead atoms. The maximum absolute atomic E-state index is 12.8.